The number of aromatic nitrogens is 1. The van der Waals surface area contributed by atoms with E-state index in [4.69, 9.17) is 9.66 Å². The number of nitrogens with zero attached hydrogens (tertiary/aromatic N) is 1. The Morgan fingerprint density at radius 2 is 1.69 bits per heavy atom. The van der Waals surface area contributed by atoms with Crippen molar-refractivity contribution in [2.24, 2.45) is 5.14 Å². The summed E-state index contributed by atoms with van der Waals surface area (Å²) in [4.78, 5) is -1.02. The molecule has 0 unspecified atom stereocenters. The van der Waals surface area contributed by atoms with E-state index in [2.05, 4.69) is 9.89 Å². The Bertz CT molecular complexity index is 1170. The maximum atomic E-state index is 14.5. The van der Waals surface area contributed by atoms with Gasteiger partial charge in [-0.1, -0.05) is 5.16 Å². The number of hydrogen-bond acceptors (Lipinski definition) is 5. The van der Waals surface area contributed by atoms with Gasteiger partial charge in [-0.15, -0.1) is 13.2 Å². The number of aryl methyl sites for hydroxylation is 1. The number of rotatable bonds is 4. The van der Waals surface area contributed by atoms with Gasteiger partial charge in [0.25, 0.3) is 0 Å². The third-order valence-electron chi connectivity index (χ3n) is 3.82. The van der Waals surface area contributed by atoms with Gasteiger partial charge in [0.1, 0.15) is 33.7 Å². The first kappa shape index (κ1) is 20.7. The summed E-state index contributed by atoms with van der Waals surface area (Å²) in [7, 11) is -4.49. The van der Waals surface area contributed by atoms with Gasteiger partial charge >= 0.3 is 6.36 Å². The second-order valence-electron chi connectivity index (χ2n) is 5.84. The molecule has 2 N–H and O–H groups in total. The molecule has 0 amide bonds. The predicted molar refractivity (Wildman–Crippen MR) is 90.1 cm³/mol. The summed E-state index contributed by atoms with van der Waals surface area (Å²) in [6, 6.07) is 5.51. The van der Waals surface area contributed by atoms with Gasteiger partial charge in [0.05, 0.1) is 5.56 Å². The lowest BCUT2D eigenvalue weighted by Crippen LogP contribution is -2.16. The number of primary sulfonamides is 1. The van der Waals surface area contributed by atoms with Gasteiger partial charge in [0, 0.05) is 11.1 Å². The predicted octanol–water partition coefficient (Wildman–Crippen LogP) is 4.14. The van der Waals surface area contributed by atoms with Crippen LogP contribution in [0.25, 0.3) is 22.4 Å². The molecule has 0 fully saturated rings. The standard InChI is InChI=1S/C17H11F5N2O4S/c1-8-15(11-6-13(19)14(7-12(11)18)29(23,25)26)16(24-28-8)9-2-4-10(5-3-9)27-17(20,21)22/h2-7H,1H3,(H2,23,25,26). The highest BCUT2D eigenvalue weighted by Crippen LogP contribution is 2.37. The highest BCUT2D eigenvalue weighted by atomic mass is 32.2. The number of benzene rings is 2. The van der Waals surface area contributed by atoms with Gasteiger partial charge in [-0.25, -0.2) is 22.3 Å². The zero-order valence-corrected chi connectivity index (χ0v) is 15.2. The fourth-order valence-electron chi connectivity index (χ4n) is 2.64. The van der Waals surface area contributed by atoms with Gasteiger partial charge in [-0.2, -0.15) is 0 Å². The normalized spacial score (nSPS) is 12.2. The highest BCUT2D eigenvalue weighted by Gasteiger charge is 2.31. The van der Waals surface area contributed by atoms with Crippen LogP contribution >= 0.6 is 0 Å². The minimum absolute atomic E-state index is 0.00251. The van der Waals surface area contributed by atoms with Crippen LogP contribution in [0.15, 0.2) is 45.8 Å². The smallest absolute Gasteiger partial charge is 0.406 e. The third kappa shape index (κ3) is 4.38. The Morgan fingerprint density at radius 1 is 1.07 bits per heavy atom. The van der Waals surface area contributed by atoms with Crippen molar-refractivity contribution in [1.82, 2.24) is 5.16 Å². The molecule has 1 heterocycles. The maximum Gasteiger partial charge on any atom is 0.573 e. The number of hydrogen-bond donors (Lipinski definition) is 1. The van der Waals surface area contributed by atoms with Crippen LogP contribution in [-0.2, 0) is 10.0 Å². The molecule has 0 spiro atoms. The summed E-state index contributed by atoms with van der Waals surface area (Å²) in [5.41, 5.74) is -0.143. The summed E-state index contributed by atoms with van der Waals surface area (Å²) in [5, 5.41) is 8.59. The van der Waals surface area contributed by atoms with Crippen LogP contribution in [0.2, 0.25) is 0 Å². The van der Waals surface area contributed by atoms with Crippen LogP contribution in [0.5, 0.6) is 5.75 Å². The van der Waals surface area contributed by atoms with Crippen LogP contribution < -0.4 is 9.88 Å². The molecule has 3 rings (SSSR count). The molecular formula is C17H11F5N2O4S. The zero-order valence-electron chi connectivity index (χ0n) is 14.4. The van der Waals surface area contributed by atoms with E-state index in [0.717, 1.165) is 12.1 Å². The Hall–Kier alpha value is -2.99. The molecule has 0 atom stereocenters. The summed E-state index contributed by atoms with van der Waals surface area (Å²) in [6.07, 6.45) is -4.87. The van der Waals surface area contributed by atoms with E-state index in [9.17, 15) is 30.4 Å². The monoisotopic (exact) mass is 434 g/mol. The van der Waals surface area contributed by atoms with E-state index in [1.54, 1.807) is 0 Å². The van der Waals surface area contributed by atoms with Crippen molar-refractivity contribution in [3.8, 4) is 28.1 Å². The van der Waals surface area contributed by atoms with Crippen molar-refractivity contribution < 1.29 is 39.6 Å². The van der Waals surface area contributed by atoms with E-state index < -0.39 is 38.7 Å². The molecule has 0 saturated heterocycles. The van der Waals surface area contributed by atoms with Crippen molar-refractivity contribution in [2.45, 2.75) is 18.2 Å². The van der Waals surface area contributed by atoms with Gasteiger partial charge in [0.15, 0.2) is 0 Å². The lowest BCUT2D eigenvalue weighted by molar-refractivity contribution is -0.274. The molecule has 154 valence electrons. The Labute approximate surface area is 160 Å². The van der Waals surface area contributed by atoms with Crippen LogP contribution in [0.1, 0.15) is 5.76 Å². The fourth-order valence-corrected chi connectivity index (χ4v) is 3.24. The first-order valence-electron chi connectivity index (χ1n) is 7.71. The summed E-state index contributed by atoms with van der Waals surface area (Å²) >= 11 is 0. The number of nitrogens with two attached hydrogens (primary N) is 1. The van der Waals surface area contributed by atoms with Crippen molar-refractivity contribution in [1.29, 1.82) is 0 Å². The molecule has 0 saturated carbocycles. The molecule has 0 bridgehead atoms. The first-order chi connectivity index (χ1) is 13.4. The fraction of sp³-hybridized carbons (Fsp3) is 0.118. The largest absolute Gasteiger partial charge is 0.573 e. The Morgan fingerprint density at radius 3 is 2.24 bits per heavy atom. The maximum absolute atomic E-state index is 14.5. The van der Waals surface area contributed by atoms with Crippen molar-refractivity contribution in [3.05, 3.63) is 53.8 Å². The minimum atomic E-state index is -4.87. The Balaban J connectivity index is 2.09. The molecule has 0 aliphatic heterocycles. The molecule has 29 heavy (non-hydrogen) atoms. The van der Waals surface area contributed by atoms with E-state index in [1.165, 1.54) is 19.1 Å². The quantitative estimate of drug-likeness (QED) is 0.623. The zero-order chi connectivity index (χ0) is 21.6. The van der Waals surface area contributed by atoms with Crippen molar-refractivity contribution >= 4 is 10.0 Å². The summed E-state index contributed by atoms with van der Waals surface area (Å²) in [6.45, 7) is 1.40. The van der Waals surface area contributed by atoms with Gasteiger partial charge in [0.2, 0.25) is 10.0 Å². The topological polar surface area (TPSA) is 95.4 Å². The third-order valence-corrected chi connectivity index (χ3v) is 4.75. The second-order valence-corrected chi connectivity index (χ2v) is 7.37. The van der Waals surface area contributed by atoms with E-state index in [0.29, 0.717) is 12.1 Å². The first-order valence-corrected chi connectivity index (χ1v) is 9.26. The average molecular weight is 434 g/mol. The molecule has 0 aliphatic rings. The molecule has 0 radical (unpaired) electrons. The van der Waals surface area contributed by atoms with E-state index in [1.807, 2.05) is 0 Å². The van der Waals surface area contributed by atoms with Crippen LogP contribution in [0.4, 0.5) is 22.0 Å². The molecule has 1 aromatic heterocycles. The van der Waals surface area contributed by atoms with Gasteiger partial charge in [-0.3, -0.25) is 0 Å². The molecular weight excluding hydrogens is 423 g/mol. The molecule has 6 nitrogen and oxygen atoms in total. The molecule has 2 aromatic carbocycles. The number of ether oxygens (including phenoxy) is 1. The van der Waals surface area contributed by atoms with E-state index >= 15 is 0 Å². The van der Waals surface area contributed by atoms with E-state index in [-0.39, 0.29) is 28.1 Å². The van der Waals surface area contributed by atoms with Gasteiger partial charge < -0.3 is 9.26 Å². The number of sulfonamides is 1. The second kappa shape index (κ2) is 7.12. The highest BCUT2D eigenvalue weighted by molar-refractivity contribution is 7.89. The summed E-state index contributed by atoms with van der Waals surface area (Å²) < 4.78 is 97.0. The number of halogens is 5. The summed E-state index contributed by atoms with van der Waals surface area (Å²) in [5.74, 6) is -2.82. The lowest BCUT2D eigenvalue weighted by atomic mass is 9.99. The lowest BCUT2D eigenvalue weighted by Gasteiger charge is -2.10. The van der Waals surface area contributed by atoms with Crippen LogP contribution in [-0.4, -0.2) is 19.9 Å². The van der Waals surface area contributed by atoms with Crippen LogP contribution in [0, 0.1) is 18.6 Å². The molecule has 3 aromatic rings. The van der Waals surface area contributed by atoms with Crippen molar-refractivity contribution in [2.75, 3.05) is 0 Å². The molecule has 0 aliphatic carbocycles. The average Bonchev–Trinajstić information content (AvgIpc) is 2.96. The van der Waals surface area contributed by atoms with Gasteiger partial charge in [-0.05, 0) is 43.3 Å². The van der Waals surface area contributed by atoms with Crippen LogP contribution in [0.3, 0.4) is 0 Å². The molecule has 12 heteroatoms. The number of alkyl halides is 3. The minimum Gasteiger partial charge on any atom is -0.406 e. The van der Waals surface area contributed by atoms with Crippen molar-refractivity contribution in [3.63, 3.8) is 0 Å². The SMILES string of the molecule is Cc1onc(-c2ccc(OC(F)(F)F)cc2)c1-c1cc(F)c(S(N)(=O)=O)cc1F. The Kier molecular flexibility index (Phi) is 5.09.